The van der Waals surface area contributed by atoms with E-state index in [1.54, 1.807) is 6.26 Å². The lowest BCUT2D eigenvalue weighted by atomic mass is 9.89. The molecule has 2 rings (SSSR count). The Balaban J connectivity index is 2.06. The van der Waals surface area contributed by atoms with Gasteiger partial charge < -0.3 is 14.4 Å². The minimum absolute atomic E-state index is 0.716. The lowest BCUT2D eigenvalue weighted by molar-refractivity contribution is -0.0409. The van der Waals surface area contributed by atoms with Gasteiger partial charge in [0.15, 0.2) is 0 Å². The van der Waals surface area contributed by atoms with Crippen molar-refractivity contribution in [3.63, 3.8) is 0 Å². The molecule has 0 radical (unpaired) electrons. The van der Waals surface area contributed by atoms with Crippen molar-refractivity contribution < 1.29 is 9.52 Å². The summed E-state index contributed by atoms with van der Waals surface area (Å²) in [5, 5.41) is 10.3. The third-order valence-electron chi connectivity index (χ3n) is 3.11. The van der Waals surface area contributed by atoms with Gasteiger partial charge in [0, 0.05) is 13.1 Å². The average Bonchev–Trinajstić information content (AvgIpc) is 2.72. The number of hydrogen-bond donors (Lipinski definition) is 1. The van der Waals surface area contributed by atoms with E-state index in [0.717, 1.165) is 32.5 Å². The largest absolute Gasteiger partial charge is 0.466 e. The molecule has 1 aliphatic rings. The SMILES string of the molecule is CCN1CCC(O)(c2ccco2)CC1. The Hall–Kier alpha value is -0.800. The Labute approximate surface area is 84.3 Å². The number of furan rings is 1. The Morgan fingerprint density at radius 1 is 1.50 bits per heavy atom. The molecular weight excluding hydrogens is 178 g/mol. The number of nitrogens with zero attached hydrogens (tertiary/aromatic N) is 1. The zero-order valence-corrected chi connectivity index (χ0v) is 8.57. The highest BCUT2D eigenvalue weighted by atomic mass is 16.4. The summed E-state index contributed by atoms with van der Waals surface area (Å²) < 4.78 is 5.28. The second kappa shape index (κ2) is 3.75. The van der Waals surface area contributed by atoms with E-state index < -0.39 is 5.60 Å². The predicted molar refractivity (Wildman–Crippen MR) is 54.0 cm³/mol. The topological polar surface area (TPSA) is 36.6 Å². The summed E-state index contributed by atoms with van der Waals surface area (Å²) in [4.78, 5) is 2.34. The molecule has 1 aromatic heterocycles. The predicted octanol–water partition coefficient (Wildman–Crippen LogP) is 1.58. The highest BCUT2D eigenvalue weighted by Gasteiger charge is 2.35. The van der Waals surface area contributed by atoms with Crippen LogP contribution in [-0.4, -0.2) is 29.6 Å². The second-order valence-corrected chi connectivity index (χ2v) is 3.94. The molecule has 3 nitrogen and oxygen atoms in total. The van der Waals surface area contributed by atoms with Crippen molar-refractivity contribution in [3.8, 4) is 0 Å². The minimum atomic E-state index is -0.727. The molecule has 0 amide bonds. The number of piperidine rings is 1. The van der Waals surface area contributed by atoms with Crippen LogP contribution in [0.25, 0.3) is 0 Å². The summed E-state index contributed by atoms with van der Waals surface area (Å²) in [5.74, 6) is 0.716. The highest BCUT2D eigenvalue weighted by Crippen LogP contribution is 2.32. The Bertz CT molecular complexity index is 273. The molecule has 0 spiro atoms. The summed E-state index contributed by atoms with van der Waals surface area (Å²) in [7, 11) is 0. The first-order valence-electron chi connectivity index (χ1n) is 5.23. The third-order valence-corrected chi connectivity index (χ3v) is 3.11. The van der Waals surface area contributed by atoms with Crippen LogP contribution in [0, 0.1) is 0 Å². The van der Waals surface area contributed by atoms with Gasteiger partial charge in [0.25, 0.3) is 0 Å². The van der Waals surface area contributed by atoms with Gasteiger partial charge in [-0.2, -0.15) is 0 Å². The number of aliphatic hydroxyl groups is 1. The highest BCUT2D eigenvalue weighted by molar-refractivity contribution is 5.10. The van der Waals surface area contributed by atoms with E-state index in [-0.39, 0.29) is 0 Å². The third kappa shape index (κ3) is 1.70. The molecule has 0 bridgehead atoms. The van der Waals surface area contributed by atoms with E-state index in [4.69, 9.17) is 4.42 Å². The minimum Gasteiger partial charge on any atom is -0.466 e. The molecule has 14 heavy (non-hydrogen) atoms. The quantitative estimate of drug-likeness (QED) is 0.778. The molecule has 3 heteroatoms. The number of hydrogen-bond acceptors (Lipinski definition) is 3. The first kappa shape index (κ1) is 9.74. The first-order chi connectivity index (χ1) is 6.74. The summed E-state index contributed by atoms with van der Waals surface area (Å²) >= 11 is 0. The maximum Gasteiger partial charge on any atom is 0.135 e. The van der Waals surface area contributed by atoms with Crippen LogP contribution in [0.1, 0.15) is 25.5 Å². The summed E-state index contributed by atoms with van der Waals surface area (Å²) in [6.45, 7) is 5.12. The molecule has 0 aromatic carbocycles. The van der Waals surface area contributed by atoms with E-state index in [9.17, 15) is 5.11 Å². The fourth-order valence-corrected chi connectivity index (χ4v) is 2.03. The van der Waals surface area contributed by atoms with Crippen molar-refractivity contribution in [2.45, 2.75) is 25.4 Å². The van der Waals surface area contributed by atoms with Gasteiger partial charge in [0.05, 0.1) is 6.26 Å². The van der Waals surface area contributed by atoms with Gasteiger partial charge in [-0.15, -0.1) is 0 Å². The Kier molecular flexibility index (Phi) is 2.61. The van der Waals surface area contributed by atoms with Crippen LogP contribution < -0.4 is 0 Å². The van der Waals surface area contributed by atoms with Gasteiger partial charge in [-0.25, -0.2) is 0 Å². The molecule has 0 saturated carbocycles. The molecule has 1 aromatic rings. The average molecular weight is 195 g/mol. The molecule has 2 heterocycles. The first-order valence-corrected chi connectivity index (χ1v) is 5.23. The number of likely N-dealkylation sites (tertiary alicyclic amines) is 1. The zero-order chi connectivity index (χ0) is 10.0. The van der Waals surface area contributed by atoms with Crippen LogP contribution in [0.15, 0.2) is 22.8 Å². The van der Waals surface area contributed by atoms with Crippen LogP contribution in [0.4, 0.5) is 0 Å². The summed E-state index contributed by atoms with van der Waals surface area (Å²) in [5.41, 5.74) is -0.727. The van der Waals surface area contributed by atoms with Gasteiger partial charge >= 0.3 is 0 Å². The molecule has 0 unspecified atom stereocenters. The molecular formula is C11H17NO2. The van der Waals surface area contributed by atoms with E-state index >= 15 is 0 Å². The van der Waals surface area contributed by atoms with Gasteiger partial charge in [0.2, 0.25) is 0 Å². The molecule has 1 N–H and O–H groups in total. The fourth-order valence-electron chi connectivity index (χ4n) is 2.03. The molecule has 78 valence electrons. The van der Waals surface area contributed by atoms with Crippen molar-refractivity contribution in [2.75, 3.05) is 19.6 Å². The van der Waals surface area contributed by atoms with Gasteiger partial charge in [-0.3, -0.25) is 0 Å². The van der Waals surface area contributed by atoms with Crippen LogP contribution >= 0.6 is 0 Å². The van der Waals surface area contributed by atoms with Gasteiger partial charge in [0.1, 0.15) is 11.4 Å². The molecule has 0 aliphatic carbocycles. The second-order valence-electron chi connectivity index (χ2n) is 3.94. The standard InChI is InChI=1S/C11H17NO2/c1-2-12-7-5-11(13,6-8-12)10-4-3-9-14-10/h3-4,9,13H,2,5-8H2,1H3. The van der Waals surface area contributed by atoms with Crippen molar-refractivity contribution in [3.05, 3.63) is 24.2 Å². The van der Waals surface area contributed by atoms with Crippen molar-refractivity contribution in [2.24, 2.45) is 0 Å². The number of rotatable bonds is 2. The van der Waals surface area contributed by atoms with E-state index in [0.29, 0.717) is 5.76 Å². The van der Waals surface area contributed by atoms with Gasteiger partial charge in [-0.1, -0.05) is 6.92 Å². The molecule has 1 saturated heterocycles. The van der Waals surface area contributed by atoms with Crippen LogP contribution in [0.2, 0.25) is 0 Å². The fraction of sp³-hybridized carbons (Fsp3) is 0.636. The lowest BCUT2D eigenvalue weighted by Gasteiger charge is -2.36. The van der Waals surface area contributed by atoms with E-state index in [1.807, 2.05) is 12.1 Å². The molecule has 1 fully saturated rings. The van der Waals surface area contributed by atoms with E-state index in [1.165, 1.54) is 0 Å². The molecule has 0 atom stereocenters. The van der Waals surface area contributed by atoms with Gasteiger partial charge in [-0.05, 0) is 31.5 Å². The smallest absolute Gasteiger partial charge is 0.135 e. The monoisotopic (exact) mass is 195 g/mol. The van der Waals surface area contributed by atoms with Crippen LogP contribution in [-0.2, 0) is 5.60 Å². The summed E-state index contributed by atoms with van der Waals surface area (Å²) in [6, 6.07) is 3.70. The molecule has 1 aliphatic heterocycles. The van der Waals surface area contributed by atoms with Crippen LogP contribution in [0.3, 0.4) is 0 Å². The van der Waals surface area contributed by atoms with Crippen molar-refractivity contribution in [1.29, 1.82) is 0 Å². The van der Waals surface area contributed by atoms with Crippen LogP contribution in [0.5, 0.6) is 0 Å². The lowest BCUT2D eigenvalue weighted by Crippen LogP contribution is -2.42. The van der Waals surface area contributed by atoms with Crippen molar-refractivity contribution >= 4 is 0 Å². The maximum absolute atomic E-state index is 10.3. The Morgan fingerprint density at radius 3 is 2.71 bits per heavy atom. The normalized spacial score (nSPS) is 22.4. The maximum atomic E-state index is 10.3. The Morgan fingerprint density at radius 2 is 2.21 bits per heavy atom. The zero-order valence-electron chi connectivity index (χ0n) is 8.57. The van der Waals surface area contributed by atoms with E-state index in [2.05, 4.69) is 11.8 Å². The van der Waals surface area contributed by atoms with Crippen molar-refractivity contribution in [1.82, 2.24) is 4.90 Å². The summed E-state index contributed by atoms with van der Waals surface area (Å²) in [6.07, 6.45) is 3.17.